The Balaban J connectivity index is 0.00000324. The van der Waals surface area contributed by atoms with Gasteiger partial charge in [0.15, 0.2) is 5.96 Å². The Bertz CT molecular complexity index is 396. The SMILES string of the molecule is CN=C(NCCC(C)C)NCc1ncccc1F.I. The molecule has 0 fully saturated rings. The summed E-state index contributed by atoms with van der Waals surface area (Å²) in [6.07, 6.45) is 2.65. The number of aromatic nitrogens is 1. The maximum atomic E-state index is 13.3. The van der Waals surface area contributed by atoms with Crippen LogP contribution in [0, 0.1) is 11.7 Å². The predicted molar refractivity (Wildman–Crippen MR) is 87.3 cm³/mol. The number of hydrogen-bond acceptors (Lipinski definition) is 2. The second kappa shape index (κ2) is 9.94. The fraction of sp³-hybridized carbons (Fsp3) is 0.538. The summed E-state index contributed by atoms with van der Waals surface area (Å²) in [4.78, 5) is 8.05. The van der Waals surface area contributed by atoms with Crippen molar-refractivity contribution in [3.05, 3.63) is 29.8 Å². The lowest BCUT2D eigenvalue weighted by atomic mass is 10.1. The largest absolute Gasteiger partial charge is 0.356 e. The van der Waals surface area contributed by atoms with Crippen LogP contribution in [0.1, 0.15) is 26.0 Å². The highest BCUT2D eigenvalue weighted by Crippen LogP contribution is 2.01. The monoisotopic (exact) mass is 380 g/mol. The van der Waals surface area contributed by atoms with Crippen LogP contribution >= 0.6 is 24.0 Å². The third-order valence-corrected chi connectivity index (χ3v) is 2.50. The summed E-state index contributed by atoms with van der Waals surface area (Å²) < 4.78 is 13.3. The Hall–Kier alpha value is -0.920. The number of halogens is 2. The lowest BCUT2D eigenvalue weighted by Gasteiger charge is -2.12. The number of aliphatic imine (C=N–C) groups is 1. The predicted octanol–water partition coefficient (Wildman–Crippen LogP) is 2.55. The number of nitrogens with one attached hydrogen (secondary N) is 2. The molecule has 2 N–H and O–H groups in total. The zero-order valence-electron chi connectivity index (χ0n) is 11.6. The molecule has 1 aromatic heterocycles. The normalized spacial score (nSPS) is 11.1. The maximum absolute atomic E-state index is 13.3. The third-order valence-electron chi connectivity index (χ3n) is 2.50. The molecule has 0 saturated heterocycles. The van der Waals surface area contributed by atoms with Gasteiger partial charge in [-0.25, -0.2) is 4.39 Å². The van der Waals surface area contributed by atoms with Gasteiger partial charge in [0.05, 0.1) is 12.2 Å². The molecular weight excluding hydrogens is 358 g/mol. The summed E-state index contributed by atoms with van der Waals surface area (Å²) in [7, 11) is 1.69. The van der Waals surface area contributed by atoms with Gasteiger partial charge in [-0.2, -0.15) is 0 Å². The molecule has 0 amide bonds. The smallest absolute Gasteiger partial charge is 0.191 e. The van der Waals surface area contributed by atoms with Gasteiger partial charge in [0.2, 0.25) is 0 Å². The van der Waals surface area contributed by atoms with Crippen LogP contribution < -0.4 is 10.6 Å². The third kappa shape index (κ3) is 7.29. The molecule has 0 aliphatic heterocycles. The minimum absolute atomic E-state index is 0. The van der Waals surface area contributed by atoms with Gasteiger partial charge in [0, 0.05) is 19.8 Å². The van der Waals surface area contributed by atoms with E-state index >= 15 is 0 Å². The van der Waals surface area contributed by atoms with E-state index in [0.29, 0.717) is 24.1 Å². The lowest BCUT2D eigenvalue weighted by molar-refractivity contribution is 0.570. The summed E-state index contributed by atoms with van der Waals surface area (Å²) in [6, 6.07) is 2.98. The molecule has 4 nitrogen and oxygen atoms in total. The fourth-order valence-electron chi connectivity index (χ4n) is 1.42. The lowest BCUT2D eigenvalue weighted by Crippen LogP contribution is -2.38. The summed E-state index contributed by atoms with van der Waals surface area (Å²) in [5, 5.41) is 6.22. The van der Waals surface area contributed by atoms with E-state index in [1.807, 2.05) is 0 Å². The van der Waals surface area contributed by atoms with E-state index in [4.69, 9.17) is 0 Å². The van der Waals surface area contributed by atoms with Crippen LogP contribution in [0.4, 0.5) is 4.39 Å². The van der Waals surface area contributed by atoms with Gasteiger partial charge in [-0.3, -0.25) is 9.98 Å². The molecule has 108 valence electrons. The first-order chi connectivity index (χ1) is 8.63. The van der Waals surface area contributed by atoms with Crippen LogP contribution in [0.3, 0.4) is 0 Å². The van der Waals surface area contributed by atoms with E-state index in [0.717, 1.165) is 13.0 Å². The van der Waals surface area contributed by atoms with Crippen LogP contribution in [0.15, 0.2) is 23.3 Å². The second-order valence-corrected chi connectivity index (χ2v) is 4.47. The highest BCUT2D eigenvalue weighted by molar-refractivity contribution is 14.0. The fourth-order valence-corrected chi connectivity index (χ4v) is 1.42. The van der Waals surface area contributed by atoms with Gasteiger partial charge in [-0.1, -0.05) is 13.8 Å². The van der Waals surface area contributed by atoms with Gasteiger partial charge in [0.1, 0.15) is 5.82 Å². The molecular formula is C13H22FIN4. The molecule has 0 unspecified atom stereocenters. The standard InChI is InChI=1S/C13H21FN4.HI/c1-10(2)6-8-17-13(15-3)18-9-12-11(14)5-4-7-16-12;/h4-5,7,10H,6,8-9H2,1-3H3,(H2,15,17,18);1H. The molecule has 6 heteroatoms. The van der Waals surface area contributed by atoms with E-state index in [9.17, 15) is 4.39 Å². The molecule has 19 heavy (non-hydrogen) atoms. The first-order valence-corrected chi connectivity index (χ1v) is 6.17. The first-order valence-electron chi connectivity index (χ1n) is 6.17. The molecule has 0 aliphatic carbocycles. The quantitative estimate of drug-likeness (QED) is 0.469. The summed E-state index contributed by atoms with van der Waals surface area (Å²) in [5.41, 5.74) is 0.393. The van der Waals surface area contributed by atoms with Gasteiger partial charge >= 0.3 is 0 Å². The minimum Gasteiger partial charge on any atom is -0.356 e. The van der Waals surface area contributed by atoms with Gasteiger partial charge in [-0.15, -0.1) is 24.0 Å². The van der Waals surface area contributed by atoms with Crippen molar-refractivity contribution < 1.29 is 4.39 Å². The van der Waals surface area contributed by atoms with Crippen molar-refractivity contribution >= 4 is 29.9 Å². The Morgan fingerprint density at radius 2 is 2.16 bits per heavy atom. The Morgan fingerprint density at radius 3 is 2.74 bits per heavy atom. The molecule has 0 radical (unpaired) electrons. The Labute approximate surface area is 131 Å². The van der Waals surface area contributed by atoms with Crippen molar-refractivity contribution in [1.82, 2.24) is 15.6 Å². The van der Waals surface area contributed by atoms with Crippen LogP contribution in [-0.4, -0.2) is 24.5 Å². The summed E-state index contributed by atoms with van der Waals surface area (Å²) in [5.74, 6) is 1.01. The zero-order chi connectivity index (χ0) is 13.4. The molecule has 0 aromatic carbocycles. The summed E-state index contributed by atoms with van der Waals surface area (Å²) >= 11 is 0. The van der Waals surface area contributed by atoms with E-state index in [1.165, 1.54) is 6.07 Å². The molecule has 1 rings (SSSR count). The molecule has 0 saturated carbocycles. The molecule has 0 spiro atoms. The van der Waals surface area contributed by atoms with Gasteiger partial charge in [-0.05, 0) is 24.5 Å². The number of rotatable bonds is 5. The summed E-state index contributed by atoms with van der Waals surface area (Å²) in [6.45, 7) is 5.51. The molecule has 0 bridgehead atoms. The van der Waals surface area contributed by atoms with Crippen molar-refractivity contribution in [2.24, 2.45) is 10.9 Å². The number of nitrogens with zero attached hydrogens (tertiary/aromatic N) is 2. The van der Waals surface area contributed by atoms with Crippen molar-refractivity contribution in [3.8, 4) is 0 Å². The van der Waals surface area contributed by atoms with Crippen molar-refractivity contribution in [3.63, 3.8) is 0 Å². The van der Waals surface area contributed by atoms with Crippen molar-refractivity contribution in [2.45, 2.75) is 26.8 Å². The number of pyridine rings is 1. The van der Waals surface area contributed by atoms with Crippen molar-refractivity contribution in [2.75, 3.05) is 13.6 Å². The average Bonchev–Trinajstić information content (AvgIpc) is 2.35. The minimum atomic E-state index is -0.303. The van der Waals surface area contributed by atoms with Gasteiger partial charge in [0.25, 0.3) is 0 Å². The molecule has 0 aliphatic rings. The van der Waals surface area contributed by atoms with E-state index in [-0.39, 0.29) is 29.8 Å². The highest BCUT2D eigenvalue weighted by atomic mass is 127. The average molecular weight is 380 g/mol. The zero-order valence-corrected chi connectivity index (χ0v) is 13.9. The molecule has 0 atom stereocenters. The van der Waals surface area contributed by atoms with Crippen LogP contribution in [0.5, 0.6) is 0 Å². The molecule has 1 aromatic rings. The van der Waals surface area contributed by atoms with E-state index < -0.39 is 0 Å². The van der Waals surface area contributed by atoms with Crippen LogP contribution in [-0.2, 0) is 6.54 Å². The van der Waals surface area contributed by atoms with Gasteiger partial charge < -0.3 is 10.6 Å². The van der Waals surface area contributed by atoms with Crippen LogP contribution in [0.2, 0.25) is 0 Å². The van der Waals surface area contributed by atoms with E-state index in [2.05, 4.69) is 34.5 Å². The highest BCUT2D eigenvalue weighted by Gasteiger charge is 2.03. The van der Waals surface area contributed by atoms with E-state index in [1.54, 1.807) is 19.3 Å². The Morgan fingerprint density at radius 1 is 1.42 bits per heavy atom. The topological polar surface area (TPSA) is 49.3 Å². The first kappa shape index (κ1) is 18.1. The second-order valence-electron chi connectivity index (χ2n) is 4.47. The Kier molecular flexibility index (Phi) is 9.46. The molecule has 1 heterocycles. The number of hydrogen-bond donors (Lipinski definition) is 2. The number of guanidine groups is 1. The van der Waals surface area contributed by atoms with Crippen LogP contribution in [0.25, 0.3) is 0 Å². The maximum Gasteiger partial charge on any atom is 0.191 e. The van der Waals surface area contributed by atoms with Crippen molar-refractivity contribution in [1.29, 1.82) is 0 Å².